The topological polar surface area (TPSA) is 43.4 Å². The third kappa shape index (κ3) is 3.32. The van der Waals surface area contributed by atoms with Gasteiger partial charge in [0.15, 0.2) is 5.78 Å². The molecule has 1 aromatic carbocycles. The van der Waals surface area contributed by atoms with Crippen molar-refractivity contribution in [3.63, 3.8) is 0 Å². The molecule has 0 bridgehead atoms. The first kappa shape index (κ1) is 20.7. The highest BCUT2D eigenvalue weighted by Gasteiger charge is 2.59. The normalized spacial score (nSPS) is 40.5. The van der Waals surface area contributed by atoms with Crippen LogP contribution in [0.2, 0.25) is 0 Å². The summed E-state index contributed by atoms with van der Waals surface area (Å²) in [4.78, 5) is 25.0. The monoisotopic (exact) mass is 418 g/mol. The van der Waals surface area contributed by atoms with E-state index in [-0.39, 0.29) is 22.9 Å². The predicted molar refractivity (Wildman–Crippen MR) is 122 cm³/mol. The van der Waals surface area contributed by atoms with Gasteiger partial charge in [0.05, 0.1) is 0 Å². The van der Waals surface area contributed by atoms with Crippen LogP contribution in [0.3, 0.4) is 0 Å². The van der Waals surface area contributed by atoms with Crippen LogP contribution in [0.5, 0.6) is 0 Å². The minimum absolute atomic E-state index is 0.0377. The number of fused-ring (bicyclic) bond motifs is 5. The molecule has 1 aromatic rings. The summed E-state index contributed by atoms with van der Waals surface area (Å²) in [6.45, 7) is 6.19. The molecule has 3 nitrogen and oxygen atoms in total. The fourth-order valence-corrected chi connectivity index (χ4v) is 7.51. The third-order valence-electron chi connectivity index (χ3n) is 9.17. The van der Waals surface area contributed by atoms with Crippen molar-refractivity contribution in [2.45, 2.75) is 71.8 Å². The summed E-state index contributed by atoms with van der Waals surface area (Å²) in [5.74, 6) is 1.86. The zero-order valence-corrected chi connectivity index (χ0v) is 19.0. The Balaban J connectivity index is 1.42. The Labute approximate surface area is 185 Å². The second kappa shape index (κ2) is 7.46. The molecule has 0 heterocycles. The summed E-state index contributed by atoms with van der Waals surface area (Å²) in [6.07, 6.45) is 11.7. The fraction of sp³-hybridized carbons (Fsp3) is 0.571. The molecule has 0 aromatic heterocycles. The van der Waals surface area contributed by atoms with Crippen molar-refractivity contribution in [2.75, 3.05) is 0 Å². The molecule has 3 fully saturated rings. The molecule has 31 heavy (non-hydrogen) atoms. The lowest BCUT2D eigenvalue weighted by Gasteiger charge is -2.56. The number of Topliss-reactive ketones (excluding diaryl/α,β-unsaturated/α-hetero) is 1. The van der Waals surface area contributed by atoms with Crippen molar-refractivity contribution >= 4 is 17.8 Å². The lowest BCUT2D eigenvalue weighted by Crippen LogP contribution is -2.50. The van der Waals surface area contributed by atoms with Crippen LogP contribution < -0.4 is 0 Å². The number of carbonyl (C=O) groups is 2. The van der Waals surface area contributed by atoms with Crippen LogP contribution in [-0.2, 0) is 14.3 Å². The standard InChI is InChI=1S/C28H34O3/c1-18(29)31-22-11-13-27(2)21(17-22)9-10-23-24(27)12-14-28(3)25(23)16-20(26(28)30)15-19-7-5-4-6-8-19/h4-9,15,22-25H,10-14,16-17H2,1-3H3/b20-15+/t22-,23+,24-,25-,27+,28-/m1/s1. The Bertz CT molecular complexity index is 958. The highest BCUT2D eigenvalue weighted by molar-refractivity contribution is 6.05. The number of rotatable bonds is 2. The van der Waals surface area contributed by atoms with Gasteiger partial charge in [-0.15, -0.1) is 0 Å². The molecule has 0 radical (unpaired) electrons. The average molecular weight is 419 g/mol. The van der Waals surface area contributed by atoms with E-state index in [0.717, 1.165) is 56.1 Å². The molecule has 3 heteroatoms. The van der Waals surface area contributed by atoms with Gasteiger partial charge in [0.1, 0.15) is 6.10 Å². The van der Waals surface area contributed by atoms with E-state index in [1.165, 1.54) is 12.5 Å². The van der Waals surface area contributed by atoms with Crippen LogP contribution in [0, 0.1) is 28.6 Å². The van der Waals surface area contributed by atoms with Crippen LogP contribution in [0.25, 0.3) is 6.08 Å². The number of hydrogen-bond acceptors (Lipinski definition) is 3. The highest BCUT2D eigenvalue weighted by atomic mass is 16.5. The molecule has 6 atom stereocenters. The van der Waals surface area contributed by atoms with Gasteiger partial charge < -0.3 is 4.74 Å². The second-order valence-corrected chi connectivity index (χ2v) is 10.8. The summed E-state index contributed by atoms with van der Waals surface area (Å²) in [5.41, 5.74) is 3.64. The van der Waals surface area contributed by atoms with Crippen molar-refractivity contribution < 1.29 is 14.3 Å². The third-order valence-corrected chi connectivity index (χ3v) is 9.17. The molecular formula is C28H34O3. The second-order valence-electron chi connectivity index (χ2n) is 10.8. The van der Waals surface area contributed by atoms with Crippen LogP contribution >= 0.6 is 0 Å². The van der Waals surface area contributed by atoms with E-state index in [2.05, 4.69) is 38.1 Å². The van der Waals surface area contributed by atoms with E-state index < -0.39 is 0 Å². The van der Waals surface area contributed by atoms with Crippen molar-refractivity contribution in [3.05, 3.63) is 53.1 Å². The van der Waals surface area contributed by atoms with E-state index in [0.29, 0.717) is 23.5 Å². The van der Waals surface area contributed by atoms with Gasteiger partial charge in [-0.2, -0.15) is 0 Å². The molecule has 0 N–H and O–H groups in total. The van der Waals surface area contributed by atoms with E-state index in [1.54, 1.807) is 0 Å². The van der Waals surface area contributed by atoms with Gasteiger partial charge in [-0.05, 0) is 78.9 Å². The minimum Gasteiger partial charge on any atom is -0.462 e. The summed E-state index contributed by atoms with van der Waals surface area (Å²) in [5, 5.41) is 0. The molecule has 0 spiro atoms. The largest absolute Gasteiger partial charge is 0.462 e. The summed E-state index contributed by atoms with van der Waals surface area (Å²) >= 11 is 0. The molecule has 0 aliphatic heterocycles. The first-order valence-corrected chi connectivity index (χ1v) is 12.0. The predicted octanol–water partition coefficient (Wildman–Crippen LogP) is 6.14. The number of allylic oxidation sites excluding steroid dienone is 2. The quantitative estimate of drug-likeness (QED) is 0.329. The van der Waals surface area contributed by atoms with Crippen LogP contribution in [0.15, 0.2) is 47.6 Å². The minimum atomic E-state index is -0.210. The molecule has 5 rings (SSSR count). The molecule has 0 saturated heterocycles. The van der Waals surface area contributed by atoms with Gasteiger partial charge in [-0.1, -0.05) is 55.8 Å². The van der Waals surface area contributed by atoms with Crippen LogP contribution in [0.4, 0.5) is 0 Å². The number of hydrogen-bond donors (Lipinski definition) is 0. The van der Waals surface area contributed by atoms with Crippen LogP contribution in [0.1, 0.15) is 71.3 Å². The van der Waals surface area contributed by atoms with E-state index in [1.807, 2.05) is 18.2 Å². The van der Waals surface area contributed by atoms with Gasteiger partial charge >= 0.3 is 5.97 Å². The maximum atomic E-state index is 13.5. The first-order valence-electron chi connectivity index (χ1n) is 12.0. The maximum Gasteiger partial charge on any atom is 0.302 e. The zero-order valence-electron chi connectivity index (χ0n) is 19.0. The maximum absolute atomic E-state index is 13.5. The number of ether oxygens (including phenoxy) is 1. The van der Waals surface area contributed by atoms with Gasteiger partial charge in [-0.3, -0.25) is 9.59 Å². The highest BCUT2D eigenvalue weighted by Crippen LogP contribution is 2.64. The average Bonchev–Trinajstić information content (AvgIpc) is 2.99. The van der Waals surface area contributed by atoms with Crippen molar-refractivity contribution in [1.82, 2.24) is 0 Å². The SMILES string of the molecule is CC(=O)O[C@@H]1CC[C@@]2(C)C(=CC[C@@H]3[C@H]4C/C(=C\c5ccccc5)C(=O)[C@]4(C)CC[C@H]32)C1. The van der Waals surface area contributed by atoms with Crippen LogP contribution in [-0.4, -0.2) is 17.9 Å². The Hall–Kier alpha value is -2.16. The van der Waals surface area contributed by atoms with Crippen molar-refractivity contribution in [1.29, 1.82) is 0 Å². The van der Waals surface area contributed by atoms with E-state index in [4.69, 9.17) is 4.74 Å². The summed E-state index contributed by atoms with van der Waals surface area (Å²) < 4.78 is 5.56. The smallest absolute Gasteiger partial charge is 0.302 e. The fourth-order valence-electron chi connectivity index (χ4n) is 7.51. The zero-order chi connectivity index (χ0) is 21.8. The van der Waals surface area contributed by atoms with E-state index in [9.17, 15) is 9.59 Å². The molecule has 4 aliphatic carbocycles. The Morgan fingerprint density at radius 1 is 1.03 bits per heavy atom. The molecule has 3 saturated carbocycles. The molecule has 0 amide bonds. The lowest BCUT2D eigenvalue weighted by molar-refractivity contribution is -0.148. The molecular weight excluding hydrogens is 384 g/mol. The lowest BCUT2D eigenvalue weighted by atomic mass is 9.48. The number of ketones is 1. The Kier molecular flexibility index (Phi) is 4.99. The van der Waals surface area contributed by atoms with Gasteiger partial charge in [-0.25, -0.2) is 0 Å². The molecule has 4 aliphatic rings. The van der Waals surface area contributed by atoms with Crippen molar-refractivity contribution in [2.24, 2.45) is 28.6 Å². The van der Waals surface area contributed by atoms with E-state index >= 15 is 0 Å². The van der Waals surface area contributed by atoms with Gasteiger partial charge in [0, 0.05) is 18.8 Å². The van der Waals surface area contributed by atoms with Crippen molar-refractivity contribution in [3.8, 4) is 0 Å². The first-order chi connectivity index (χ1) is 14.8. The molecule has 0 unspecified atom stereocenters. The Morgan fingerprint density at radius 2 is 1.77 bits per heavy atom. The van der Waals surface area contributed by atoms with Gasteiger partial charge in [0.25, 0.3) is 0 Å². The van der Waals surface area contributed by atoms with Gasteiger partial charge in [0.2, 0.25) is 0 Å². The Morgan fingerprint density at radius 3 is 2.52 bits per heavy atom. The summed E-state index contributed by atoms with van der Waals surface area (Å²) in [6, 6.07) is 10.3. The molecule has 164 valence electrons. The number of carbonyl (C=O) groups excluding carboxylic acids is 2. The summed E-state index contributed by atoms with van der Waals surface area (Å²) in [7, 11) is 0. The number of benzene rings is 1. The number of esters is 1.